The van der Waals surface area contributed by atoms with Crippen molar-refractivity contribution in [2.75, 3.05) is 24.5 Å². The fraction of sp³-hybridized carbons (Fsp3) is 0.526. The molecule has 1 amide bonds. The van der Waals surface area contributed by atoms with Crippen molar-refractivity contribution in [3.63, 3.8) is 0 Å². The fourth-order valence-corrected chi connectivity index (χ4v) is 4.92. The van der Waals surface area contributed by atoms with E-state index in [1.165, 1.54) is 0 Å². The zero-order chi connectivity index (χ0) is 17.4. The van der Waals surface area contributed by atoms with Crippen LogP contribution in [-0.2, 0) is 4.79 Å². The van der Waals surface area contributed by atoms with Crippen molar-refractivity contribution < 1.29 is 4.79 Å². The molecule has 132 valence electrons. The van der Waals surface area contributed by atoms with Gasteiger partial charge in [0.15, 0.2) is 0 Å². The molecule has 1 aromatic heterocycles. The van der Waals surface area contributed by atoms with E-state index >= 15 is 0 Å². The molecule has 0 radical (unpaired) electrons. The lowest BCUT2D eigenvalue weighted by molar-refractivity contribution is -0.147. The van der Waals surface area contributed by atoms with Gasteiger partial charge in [0.25, 0.3) is 0 Å². The molecular weight excluding hydrogens is 332 g/mol. The van der Waals surface area contributed by atoms with E-state index in [2.05, 4.69) is 46.0 Å². The zero-order valence-corrected chi connectivity index (χ0v) is 15.6. The summed E-state index contributed by atoms with van der Waals surface area (Å²) in [5.41, 5.74) is 0.876. The number of aromatic nitrogens is 2. The Bertz CT molecular complexity index is 760. The molecule has 2 fully saturated rings. The summed E-state index contributed by atoms with van der Waals surface area (Å²) in [7, 11) is 0. The van der Waals surface area contributed by atoms with E-state index < -0.39 is 0 Å². The van der Waals surface area contributed by atoms with Crippen molar-refractivity contribution in [3.8, 4) is 10.6 Å². The molecule has 1 aromatic carbocycles. The number of likely N-dealkylation sites (tertiary alicyclic amines) is 1. The van der Waals surface area contributed by atoms with Crippen LogP contribution in [0, 0.1) is 5.41 Å². The van der Waals surface area contributed by atoms with Gasteiger partial charge in [-0.2, -0.15) is 0 Å². The maximum absolute atomic E-state index is 13.1. The van der Waals surface area contributed by atoms with Gasteiger partial charge in [0, 0.05) is 31.2 Å². The Morgan fingerprint density at radius 3 is 2.68 bits per heavy atom. The number of anilines is 1. The Labute approximate surface area is 152 Å². The summed E-state index contributed by atoms with van der Waals surface area (Å²) in [6.07, 6.45) is 3.02. The van der Waals surface area contributed by atoms with Crippen molar-refractivity contribution >= 4 is 22.4 Å². The molecule has 3 heterocycles. The largest absolute Gasteiger partial charge is 0.346 e. The fourth-order valence-electron chi connectivity index (χ4n) is 4.05. The summed E-state index contributed by atoms with van der Waals surface area (Å²) in [5, 5.41) is 10.6. The van der Waals surface area contributed by atoms with Crippen LogP contribution in [0.15, 0.2) is 30.3 Å². The molecule has 6 heteroatoms. The lowest BCUT2D eigenvalue weighted by Gasteiger charge is -2.41. The Hall–Kier alpha value is -1.95. The van der Waals surface area contributed by atoms with E-state index in [0.717, 1.165) is 54.6 Å². The van der Waals surface area contributed by atoms with Crippen LogP contribution in [0.3, 0.4) is 0 Å². The molecule has 5 nitrogen and oxygen atoms in total. The zero-order valence-electron chi connectivity index (χ0n) is 14.8. The average Bonchev–Trinajstić information content (AvgIpc) is 3.26. The molecule has 0 saturated carbocycles. The minimum atomic E-state index is -0.221. The molecule has 25 heavy (non-hydrogen) atoms. The van der Waals surface area contributed by atoms with Crippen LogP contribution < -0.4 is 4.90 Å². The number of hydrogen-bond acceptors (Lipinski definition) is 5. The van der Waals surface area contributed by atoms with Crippen molar-refractivity contribution in [1.29, 1.82) is 0 Å². The van der Waals surface area contributed by atoms with Gasteiger partial charge in [0.2, 0.25) is 11.0 Å². The Kier molecular flexibility index (Phi) is 4.23. The summed E-state index contributed by atoms with van der Waals surface area (Å²) in [4.78, 5) is 17.4. The summed E-state index contributed by atoms with van der Waals surface area (Å²) in [6.45, 7) is 6.79. The number of piperidine rings is 1. The molecule has 0 N–H and O–H groups in total. The second-order valence-corrected chi connectivity index (χ2v) is 8.36. The Morgan fingerprint density at radius 1 is 1.12 bits per heavy atom. The SMILES string of the molecule is CC(C)N1CCC[C@@]2(CCN(c3nnc(-c4ccccc4)s3)C2)C1=O. The lowest BCUT2D eigenvalue weighted by Crippen LogP contribution is -2.52. The van der Waals surface area contributed by atoms with Gasteiger partial charge >= 0.3 is 0 Å². The highest BCUT2D eigenvalue weighted by Gasteiger charge is 2.49. The van der Waals surface area contributed by atoms with Gasteiger partial charge in [-0.05, 0) is 33.1 Å². The topological polar surface area (TPSA) is 49.3 Å². The third-order valence-corrected chi connectivity index (χ3v) is 6.48. The molecule has 2 aliphatic heterocycles. The van der Waals surface area contributed by atoms with E-state index in [9.17, 15) is 4.79 Å². The van der Waals surface area contributed by atoms with Gasteiger partial charge in [-0.25, -0.2) is 0 Å². The van der Waals surface area contributed by atoms with Gasteiger partial charge in [0.1, 0.15) is 5.01 Å². The molecule has 0 aliphatic carbocycles. The Morgan fingerprint density at radius 2 is 1.92 bits per heavy atom. The highest BCUT2D eigenvalue weighted by atomic mass is 32.1. The van der Waals surface area contributed by atoms with Gasteiger partial charge in [-0.1, -0.05) is 41.7 Å². The van der Waals surface area contributed by atoms with Gasteiger partial charge in [-0.15, -0.1) is 10.2 Å². The summed E-state index contributed by atoms with van der Waals surface area (Å²) in [5.74, 6) is 0.337. The second kappa shape index (κ2) is 6.41. The molecule has 1 atom stereocenters. The molecule has 4 rings (SSSR count). The minimum Gasteiger partial charge on any atom is -0.346 e. The summed E-state index contributed by atoms with van der Waals surface area (Å²) < 4.78 is 0. The smallest absolute Gasteiger partial charge is 0.230 e. The van der Waals surface area contributed by atoms with E-state index in [1.54, 1.807) is 11.3 Å². The van der Waals surface area contributed by atoms with E-state index in [4.69, 9.17) is 0 Å². The molecule has 0 bridgehead atoms. The molecule has 0 unspecified atom stereocenters. The van der Waals surface area contributed by atoms with Crippen LogP contribution in [0.2, 0.25) is 0 Å². The first-order valence-corrected chi connectivity index (χ1v) is 9.86. The number of carbonyl (C=O) groups is 1. The minimum absolute atomic E-state index is 0.221. The number of benzene rings is 1. The first-order chi connectivity index (χ1) is 12.1. The number of amides is 1. The first-order valence-electron chi connectivity index (χ1n) is 9.04. The number of carbonyl (C=O) groups excluding carboxylic acids is 1. The summed E-state index contributed by atoms with van der Waals surface area (Å²) >= 11 is 1.62. The second-order valence-electron chi connectivity index (χ2n) is 7.40. The maximum atomic E-state index is 13.1. The maximum Gasteiger partial charge on any atom is 0.230 e. The van der Waals surface area contributed by atoms with Crippen molar-refractivity contribution in [3.05, 3.63) is 30.3 Å². The van der Waals surface area contributed by atoms with E-state index in [1.807, 2.05) is 18.2 Å². The summed E-state index contributed by atoms with van der Waals surface area (Å²) in [6, 6.07) is 10.4. The van der Waals surface area contributed by atoms with Crippen molar-refractivity contribution in [2.45, 2.75) is 39.2 Å². The van der Waals surface area contributed by atoms with Gasteiger partial charge in [-0.3, -0.25) is 4.79 Å². The quantitative estimate of drug-likeness (QED) is 0.845. The van der Waals surface area contributed by atoms with Gasteiger partial charge in [0.05, 0.1) is 5.41 Å². The normalized spacial score (nSPS) is 23.9. The number of hydrogen-bond donors (Lipinski definition) is 0. The predicted molar refractivity (Wildman–Crippen MR) is 101 cm³/mol. The van der Waals surface area contributed by atoms with Crippen LogP contribution in [0.25, 0.3) is 10.6 Å². The molecule has 1 spiro atoms. The highest BCUT2D eigenvalue weighted by molar-refractivity contribution is 7.18. The first kappa shape index (κ1) is 16.5. The number of rotatable bonds is 3. The highest BCUT2D eigenvalue weighted by Crippen LogP contribution is 2.43. The number of nitrogens with zero attached hydrogens (tertiary/aromatic N) is 4. The third kappa shape index (κ3) is 2.92. The monoisotopic (exact) mass is 356 g/mol. The predicted octanol–water partition coefficient (Wildman–Crippen LogP) is 3.43. The van der Waals surface area contributed by atoms with Crippen LogP contribution in [-0.4, -0.2) is 46.7 Å². The van der Waals surface area contributed by atoms with Gasteiger partial charge < -0.3 is 9.80 Å². The Balaban J connectivity index is 1.53. The van der Waals surface area contributed by atoms with Crippen LogP contribution >= 0.6 is 11.3 Å². The average molecular weight is 356 g/mol. The van der Waals surface area contributed by atoms with Crippen LogP contribution in [0.4, 0.5) is 5.13 Å². The van der Waals surface area contributed by atoms with Crippen molar-refractivity contribution in [2.24, 2.45) is 5.41 Å². The molecule has 2 aromatic rings. The third-order valence-electron chi connectivity index (χ3n) is 5.45. The van der Waals surface area contributed by atoms with E-state index in [0.29, 0.717) is 5.91 Å². The van der Waals surface area contributed by atoms with Crippen molar-refractivity contribution in [1.82, 2.24) is 15.1 Å². The van der Waals surface area contributed by atoms with E-state index in [-0.39, 0.29) is 11.5 Å². The molecule has 2 saturated heterocycles. The van der Waals surface area contributed by atoms with Crippen LogP contribution in [0.5, 0.6) is 0 Å². The lowest BCUT2D eigenvalue weighted by atomic mass is 9.78. The molecule has 2 aliphatic rings. The molecular formula is C19H24N4OS. The van der Waals surface area contributed by atoms with Crippen LogP contribution in [0.1, 0.15) is 33.1 Å². The standard InChI is InChI=1S/C19H24N4OS/c1-14(2)23-11-6-9-19(17(23)24)10-12-22(13-19)18-21-20-16(25-18)15-7-4-3-5-8-15/h3-5,7-8,14H,6,9-13H2,1-2H3/t19-/m0/s1.